The number of fused-ring (bicyclic) bond motifs is 3. The maximum atomic E-state index is 15.1. The van der Waals surface area contributed by atoms with Gasteiger partial charge in [-0.1, -0.05) is 145 Å². The molecule has 0 saturated heterocycles. The first kappa shape index (κ1) is 67.3. The molecular weight excluding hydrogens is 1160 g/mol. The highest BCUT2D eigenvalue weighted by Gasteiger charge is 2.54. The van der Waals surface area contributed by atoms with Gasteiger partial charge in [0.2, 0.25) is 23.6 Å². The van der Waals surface area contributed by atoms with Crippen LogP contribution in [0.1, 0.15) is 154 Å². The van der Waals surface area contributed by atoms with Gasteiger partial charge in [0.15, 0.2) is 0 Å². The first-order chi connectivity index (χ1) is 43.5. The van der Waals surface area contributed by atoms with Crippen molar-refractivity contribution in [2.24, 2.45) is 47.3 Å². The van der Waals surface area contributed by atoms with Crippen LogP contribution in [0.2, 0.25) is 0 Å². The third-order valence-corrected chi connectivity index (χ3v) is 20.5. The fourth-order valence-corrected chi connectivity index (χ4v) is 14.6. The topological polar surface area (TPSA) is 275 Å². The molecule has 0 radical (unpaired) electrons. The highest BCUT2D eigenvalue weighted by atomic mass is 16.5. The monoisotopic (exact) mass is 1250 g/mol. The minimum Gasteiger partial charge on any atom is -0.481 e. The lowest BCUT2D eigenvalue weighted by atomic mass is 9.62. The predicted molar refractivity (Wildman–Crippen MR) is 351 cm³/mol. The van der Waals surface area contributed by atoms with Crippen LogP contribution in [0, 0.1) is 47.3 Å². The van der Waals surface area contributed by atoms with Crippen LogP contribution in [0.3, 0.4) is 0 Å². The van der Waals surface area contributed by atoms with E-state index in [4.69, 9.17) is 4.74 Å². The summed E-state index contributed by atoms with van der Waals surface area (Å²) < 4.78 is 6.09. The van der Waals surface area contributed by atoms with Gasteiger partial charge in [-0.05, 0) is 171 Å². The van der Waals surface area contributed by atoms with Gasteiger partial charge in [0, 0.05) is 27.9 Å². The number of hydrogen-bond acceptors (Lipinski definition) is 9. The van der Waals surface area contributed by atoms with Gasteiger partial charge in [0.1, 0.15) is 11.5 Å². The van der Waals surface area contributed by atoms with E-state index >= 15 is 4.79 Å². The second kappa shape index (κ2) is 26.6. The Hall–Kier alpha value is -9.12. The van der Waals surface area contributed by atoms with Crippen LogP contribution in [0.5, 0.6) is 11.5 Å². The minimum absolute atomic E-state index is 0.00875. The number of ether oxygens (including phenoxy) is 1. The number of nitrogens with one attached hydrogen (secondary N) is 4. The van der Waals surface area contributed by atoms with Gasteiger partial charge < -0.3 is 46.4 Å². The van der Waals surface area contributed by atoms with Crippen LogP contribution < -0.4 is 26.0 Å². The standard InChI is InChI=1S/C75H86N4O13/c1-11-38-73(9,74(10,13-3)79-66(83)56-40-54(58(68(86)87)42-60(56)70(90)91)64(81)77-48-32-36-50(37-33-48)92-49-34-28-43(29-35-49)72(7,8)12-2)44-22-24-45(25-23-44)75(61-20-16-14-18-51(61)52-19-15-17-21-62(52)75)46-26-30-47(31-27-46)76-63(80)53-39-55(65(82)78-71(4,5)6)59(69(88)89)41-57(53)67(84)85/h14-37,53-60H,11-13,38-42H2,1-10H3,(H,76,80)(H,77,81)(H,78,82)(H,79,83)(H,84,85)(H,86,87)(H,88,89)(H,90,91). The summed E-state index contributed by atoms with van der Waals surface area (Å²) in [5, 5.41) is 53.5. The Morgan fingerprint density at radius 3 is 1.18 bits per heavy atom. The first-order valence-corrected chi connectivity index (χ1v) is 32.0. The number of carboxylic acid groups (broad SMARTS) is 4. The van der Waals surface area contributed by atoms with E-state index in [9.17, 15) is 54.0 Å². The van der Waals surface area contributed by atoms with Crippen molar-refractivity contribution in [3.63, 3.8) is 0 Å². The van der Waals surface area contributed by atoms with Crippen molar-refractivity contribution in [3.05, 3.63) is 179 Å². The molecular formula is C75H86N4O13. The van der Waals surface area contributed by atoms with Crippen molar-refractivity contribution in [1.29, 1.82) is 0 Å². The Morgan fingerprint density at radius 1 is 0.435 bits per heavy atom. The summed E-state index contributed by atoms with van der Waals surface area (Å²) in [5.41, 5.74) is 5.18. The van der Waals surface area contributed by atoms with Crippen LogP contribution in [0.25, 0.3) is 11.1 Å². The Balaban J connectivity index is 0.984. The van der Waals surface area contributed by atoms with Gasteiger partial charge in [0.05, 0.1) is 52.8 Å². The molecule has 2 saturated carbocycles. The molecule has 8 N–H and O–H groups in total. The number of anilines is 2. The predicted octanol–water partition coefficient (Wildman–Crippen LogP) is 13.2. The normalized spacial score (nSPS) is 22.2. The molecule has 10 unspecified atom stereocenters. The molecule has 9 rings (SSSR count). The van der Waals surface area contributed by atoms with E-state index in [1.54, 1.807) is 57.2 Å². The van der Waals surface area contributed by atoms with E-state index in [0.29, 0.717) is 42.1 Å². The molecule has 4 amide bonds. The number of hydrogen-bond donors (Lipinski definition) is 8. The number of carbonyl (C=O) groups is 8. The van der Waals surface area contributed by atoms with Gasteiger partial charge in [-0.15, -0.1) is 0 Å². The average molecular weight is 1250 g/mol. The van der Waals surface area contributed by atoms with E-state index in [1.165, 1.54) is 5.56 Å². The molecule has 10 atom stereocenters. The summed E-state index contributed by atoms with van der Waals surface area (Å²) in [6.45, 7) is 19.8. The van der Waals surface area contributed by atoms with Crippen LogP contribution in [0.4, 0.5) is 11.4 Å². The molecule has 92 heavy (non-hydrogen) atoms. The third kappa shape index (κ3) is 13.2. The lowest BCUT2D eigenvalue weighted by Gasteiger charge is -2.49. The van der Waals surface area contributed by atoms with E-state index in [2.05, 4.69) is 104 Å². The number of amides is 4. The molecule has 2 fully saturated rings. The Labute approximate surface area is 538 Å². The van der Waals surface area contributed by atoms with Crippen LogP contribution in [-0.4, -0.2) is 79.0 Å². The fraction of sp³-hybridized carbons (Fsp3) is 0.413. The number of carbonyl (C=O) groups excluding carboxylic acids is 4. The number of carboxylic acids is 4. The minimum atomic E-state index is -1.40. The smallest absolute Gasteiger partial charge is 0.307 e. The number of aliphatic carboxylic acids is 4. The highest BCUT2D eigenvalue weighted by Crippen LogP contribution is 2.57. The zero-order chi connectivity index (χ0) is 66.8. The summed E-state index contributed by atoms with van der Waals surface area (Å²) in [7, 11) is 0. The highest BCUT2D eigenvalue weighted by molar-refractivity contribution is 5.98. The van der Waals surface area contributed by atoms with Crippen molar-refractivity contribution in [1.82, 2.24) is 10.6 Å². The first-order valence-electron chi connectivity index (χ1n) is 32.0. The quantitative estimate of drug-likeness (QED) is 0.0314. The summed E-state index contributed by atoms with van der Waals surface area (Å²) in [6, 6.07) is 46.5. The molecule has 17 heteroatoms. The van der Waals surface area contributed by atoms with Crippen molar-refractivity contribution in [3.8, 4) is 22.6 Å². The Kier molecular flexibility index (Phi) is 19.5. The maximum Gasteiger partial charge on any atom is 0.307 e. The summed E-state index contributed by atoms with van der Waals surface area (Å²) in [5.74, 6) is -16.9. The van der Waals surface area contributed by atoms with Gasteiger partial charge in [-0.25, -0.2) is 0 Å². The van der Waals surface area contributed by atoms with E-state index in [0.717, 1.165) is 45.4 Å². The van der Waals surface area contributed by atoms with Gasteiger partial charge in [-0.2, -0.15) is 0 Å². The third-order valence-electron chi connectivity index (χ3n) is 20.5. The van der Waals surface area contributed by atoms with Gasteiger partial charge >= 0.3 is 23.9 Å². The SMILES string of the molecule is CCCC(C)(c1ccc(C2(c3ccc(NC(=O)C4CC(C(=O)NC(C)(C)C)C(C(=O)O)CC4C(=O)O)cc3)c3ccccc3-c3ccccc32)cc1)C(C)(CC)NC(=O)C1CC(C(=O)Nc2ccc(Oc3ccc(C(C)(C)CC)cc3)cc2)C(C(=O)O)CC1C(=O)O. The van der Waals surface area contributed by atoms with Crippen molar-refractivity contribution in [2.75, 3.05) is 10.6 Å². The van der Waals surface area contributed by atoms with E-state index in [1.807, 2.05) is 74.5 Å². The second-order valence-corrected chi connectivity index (χ2v) is 27.5. The Morgan fingerprint density at radius 2 is 0.793 bits per heavy atom. The molecule has 3 aliphatic carbocycles. The zero-order valence-corrected chi connectivity index (χ0v) is 54.1. The zero-order valence-electron chi connectivity index (χ0n) is 54.1. The summed E-state index contributed by atoms with van der Waals surface area (Å²) >= 11 is 0. The summed E-state index contributed by atoms with van der Waals surface area (Å²) in [6.07, 6.45) is 1.23. The molecule has 0 bridgehead atoms. The molecule has 0 heterocycles. The van der Waals surface area contributed by atoms with Gasteiger partial charge in [-0.3, -0.25) is 38.4 Å². The average Bonchev–Trinajstić information content (AvgIpc) is 1.52. The molecule has 17 nitrogen and oxygen atoms in total. The largest absolute Gasteiger partial charge is 0.481 e. The van der Waals surface area contributed by atoms with Gasteiger partial charge in [0.25, 0.3) is 0 Å². The molecule has 0 spiro atoms. The molecule has 3 aliphatic rings. The second-order valence-electron chi connectivity index (χ2n) is 27.5. The fourth-order valence-electron chi connectivity index (χ4n) is 14.6. The maximum absolute atomic E-state index is 15.1. The number of benzene rings is 6. The van der Waals surface area contributed by atoms with Crippen LogP contribution in [0.15, 0.2) is 146 Å². The molecule has 6 aromatic carbocycles. The van der Waals surface area contributed by atoms with Crippen molar-refractivity contribution in [2.45, 2.75) is 148 Å². The number of rotatable bonds is 22. The lowest BCUT2D eigenvalue weighted by molar-refractivity contribution is -0.159. The van der Waals surface area contributed by atoms with Crippen molar-refractivity contribution < 1.29 is 63.5 Å². The lowest BCUT2D eigenvalue weighted by Crippen LogP contribution is -2.61. The van der Waals surface area contributed by atoms with Crippen molar-refractivity contribution >= 4 is 58.9 Å². The molecule has 6 aromatic rings. The summed E-state index contributed by atoms with van der Waals surface area (Å²) in [4.78, 5) is 108. The van der Waals surface area contributed by atoms with Crippen LogP contribution in [-0.2, 0) is 54.6 Å². The molecule has 0 aromatic heterocycles. The molecule has 484 valence electrons. The van der Waals surface area contributed by atoms with E-state index < -0.39 is 130 Å². The molecule has 0 aliphatic heterocycles. The van der Waals surface area contributed by atoms with Crippen LogP contribution >= 0.6 is 0 Å². The Bertz CT molecular complexity index is 3720. The van der Waals surface area contributed by atoms with E-state index in [-0.39, 0.29) is 18.3 Å².